The van der Waals surface area contributed by atoms with Gasteiger partial charge in [0, 0.05) is 17.5 Å². The number of carbonyl (C=O) groups is 1. The van der Waals surface area contributed by atoms with E-state index in [1.807, 2.05) is 60.7 Å². The van der Waals surface area contributed by atoms with Gasteiger partial charge in [-0.1, -0.05) is 54.6 Å². The predicted molar refractivity (Wildman–Crippen MR) is 120 cm³/mol. The van der Waals surface area contributed by atoms with Crippen LogP contribution in [0.3, 0.4) is 0 Å². The minimum absolute atomic E-state index is 0.0735. The van der Waals surface area contributed by atoms with Crippen LogP contribution in [0.15, 0.2) is 79.0 Å². The molecule has 4 aromatic rings. The number of tetrazole rings is 1. The molecule has 0 atom stereocenters. The fourth-order valence-corrected chi connectivity index (χ4v) is 3.15. The molecule has 0 aliphatic heterocycles. The molecule has 156 valence electrons. The van der Waals surface area contributed by atoms with Gasteiger partial charge in [-0.05, 0) is 29.0 Å². The number of nitrogens with one attached hydrogen (secondary N) is 3. The highest BCUT2D eigenvalue weighted by molar-refractivity contribution is 6.00. The van der Waals surface area contributed by atoms with Crippen molar-refractivity contribution in [3.8, 4) is 17.2 Å². The molecule has 0 radical (unpaired) electrons. The summed E-state index contributed by atoms with van der Waals surface area (Å²) in [4.78, 5) is 11.9. The second-order valence-electron chi connectivity index (χ2n) is 6.62. The van der Waals surface area contributed by atoms with Crippen LogP contribution in [-0.2, 0) is 0 Å². The van der Waals surface area contributed by atoms with E-state index < -0.39 is 5.97 Å². The standard InChI is InChI=1S/C23H17N7O2/c24-13-16(22-27-29-30-28-22)14-25-20-12-6-10-18(23(31)32)21(20)26-19-11-5-4-9-17(19)15-7-2-1-3-8-15/h1-12,14,25-26H,(H,31,32)(H,27,28,29,30). The van der Waals surface area contributed by atoms with Crippen molar-refractivity contribution in [2.45, 2.75) is 0 Å². The van der Waals surface area contributed by atoms with Crippen molar-refractivity contribution in [1.29, 1.82) is 5.26 Å². The van der Waals surface area contributed by atoms with E-state index in [0.29, 0.717) is 11.4 Å². The minimum atomic E-state index is -1.09. The summed E-state index contributed by atoms with van der Waals surface area (Å²) in [6, 6.07) is 24.2. The summed E-state index contributed by atoms with van der Waals surface area (Å²) in [5.74, 6) is -0.964. The fraction of sp³-hybridized carbons (Fsp3) is 0. The molecule has 9 nitrogen and oxygen atoms in total. The van der Waals surface area contributed by atoms with Gasteiger partial charge in [0.05, 0.1) is 16.9 Å². The molecule has 1 heterocycles. The molecule has 0 unspecified atom stereocenters. The van der Waals surface area contributed by atoms with Crippen LogP contribution < -0.4 is 10.6 Å². The molecule has 0 amide bonds. The fourth-order valence-electron chi connectivity index (χ4n) is 3.15. The Morgan fingerprint density at radius 1 is 1.00 bits per heavy atom. The Labute approximate surface area is 183 Å². The number of hydrogen-bond acceptors (Lipinski definition) is 7. The van der Waals surface area contributed by atoms with Crippen molar-refractivity contribution in [3.63, 3.8) is 0 Å². The van der Waals surface area contributed by atoms with E-state index in [1.165, 1.54) is 12.3 Å². The first-order valence-electron chi connectivity index (χ1n) is 9.56. The summed E-state index contributed by atoms with van der Waals surface area (Å²) in [5, 5.41) is 38.7. The zero-order valence-electron chi connectivity index (χ0n) is 16.6. The van der Waals surface area contributed by atoms with Gasteiger partial charge >= 0.3 is 5.97 Å². The van der Waals surface area contributed by atoms with Crippen LogP contribution in [0.1, 0.15) is 16.2 Å². The summed E-state index contributed by atoms with van der Waals surface area (Å²) >= 11 is 0. The van der Waals surface area contributed by atoms with Crippen LogP contribution in [-0.4, -0.2) is 31.7 Å². The molecule has 0 aliphatic rings. The first-order valence-corrected chi connectivity index (χ1v) is 9.56. The summed E-state index contributed by atoms with van der Waals surface area (Å²) in [7, 11) is 0. The zero-order chi connectivity index (χ0) is 22.3. The average molecular weight is 423 g/mol. The third kappa shape index (κ3) is 4.29. The third-order valence-electron chi connectivity index (χ3n) is 4.65. The SMILES string of the molecule is N#CC(=CNc1cccc(C(=O)O)c1Nc1ccccc1-c1ccccc1)c1nn[nH]n1. The number of rotatable bonds is 7. The third-order valence-corrected chi connectivity index (χ3v) is 4.65. The number of benzene rings is 3. The van der Waals surface area contributed by atoms with Crippen LogP contribution in [0.4, 0.5) is 17.1 Å². The molecule has 3 aromatic carbocycles. The Morgan fingerprint density at radius 2 is 1.75 bits per heavy atom. The number of hydrogen-bond donors (Lipinski definition) is 4. The number of nitriles is 1. The number of aromatic nitrogens is 4. The highest BCUT2D eigenvalue weighted by Gasteiger charge is 2.16. The number of allylic oxidation sites excluding steroid dienone is 1. The second kappa shape index (κ2) is 9.23. The highest BCUT2D eigenvalue weighted by atomic mass is 16.4. The van der Waals surface area contributed by atoms with E-state index in [2.05, 4.69) is 31.3 Å². The quantitative estimate of drug-likeness (QED) is 0.323. The Bertz CT molecular complexity index is 1310. The van der Waals surface area contributed by atoms with Crippen LogP contribution in [0.2, 0.25) is 0 Å². The maximum Gasteiger partial charge on any atom is 0.337 e. The average Bonchev–Trinajstić information content (AvgIpc) is 3.36. The first-order chi connectivity index (χ1) is 15.7. The van der Waals surface area contributed by atoms with E-state index in [0.717, 1.165) is 16.8 Å². The molecular formula is C23H17N7O2. The summed E-state index contributed by atoms with van der Waals surface area (Å²) in [6.07, 6.45) is 1.40. The summed E-state index contributed by atoms with van der Waals surface area (Å²) in [6.45, 7) is 0. The Kier molecular flexibility index (Phi) is 5.86. The number of H-pyrrole nitrogens is 1. The zero-order valence-corrected chi connectivity index (χ0v) is 16.6. The molecule has 0 fully saturated rings. The first kappa shape index (κ1) is 20.3. The molecule has 4 rings (SSSR count). The smallest absolute Gasteiger partial charge is 0.337 e. The lowest BCUT2D eigenvalue weighted by Gasteiger charge is -2.17. The van der Waals surface area contributed by atoms with Crippen LogP contribution >= 0.6 is 0 Å². The number of aromatic carboxylic acids is 1. The number of anilines is 3. The Hall–Kier alpha value is -4.97. The van der Waals surface area contributed by atoms with Gasteiger partial charge in [-0.15, -0.1) is 10.2 Å². The van der Waals surface area contributed by atoms with Gasteiger partial charge in [-0.3, -0.25) is 0 Å². The van der Waals surface area contributed by atoms with Gasteiger partial charge in [0.15, 0.2) is 0 Å². The van der Waals surface area contributed by atoms with Crippen molar-refractivity contribution in [2.75, 3.05) is 10.6 Å². The topological polar surface area (TPSA) is 140 Å². The van der Waals surface area contributed by atoms with E-state index in [9.17, 15) is 15.2 Å². The molecule has 0 saturated heterocycles. The predicted octanol–water partition coefficient (Wildman–Crippen LogP) is 4.29. The lowest BCUT2D eigenvalue weighted by atomic mass is 10.0. The van der Waals surface area contributed by atoms with Gasteiger partial charge < -0.3 is 15.7 Å². The van der Waals surface area contributed by atoms with Crippen molar-refractivity contribution in [3.05, 3.63) is 90.4 Å². The highest BCUT2D eigenvalue weighted by Crippen LogP contribution is 2.35. The molecular weight excluding hydrogens is 406 g/mol. The van der Waals surface area contributed by atoms with Gasteiger partial charge in [-0.2, -0.15) is 10.5 Å². The second-order valence-corrected chi connectivity index (χ2v) is 6.62. The molecule has 0 spiro atoms. The van der Waals surface area contributed by atoms with Crippen molar-refractivity contribution < 1.29 is 9.90 Å². The Balaban J connectivity index is 1.75. The lowest BCUT2D eigenvalue weighted by Crippen LogP contribution is -2.06. The largest absolute Gasteiger partial charge is 0.478 e. The van der Waals surface area contributed by atoms with E-state index >= 15 is 0 Å². The van der Waals surface area contributed by atoms with Gasteiger partial charge in [0.25, 0.3) is 0 Å². The number of carboxylic acids is 1. The number of para-hydroxylation sites is 2. The maximum atomic E-state index is 11.9. The molecule has 32 heavy (non-hydrogen) atoms. The van der Waals surface area contributed by atoms with E-state index in [-0.39, 0.29) is 17.0 Å². The Morgan fingerprint density at radius 3 is 2.47 bits per heavy atom. The molecule has 0 saturated carbocycles. The summed E-state index contributed by atoms with van der Waals surface area (Å²) in [5.41, 5.74) is 3.66. The van der Waals surface area contributed by atoms with Crippen molar-refractivity contribution in [2.24, 2.45) is 0 Å². The molecule has 4 N–H and O–H groups in total. The molecule has 0 aliphatic carbocycles. The molecule has 9 heteroatoms. The minimum Gasteiger partial charge on any atom is -0.478 e. The lowest BCUT2D eigenvalue weighted by molar-refractivity contribution is 0.0698. The molecule has 1 aromatic heterocycles. The van der Waals surface area contributed by atoms with Gasteiger partial charge in [0.1, 0.15) is 11.6 Å². The monoisotopic (exact) mass is 423 g/mol. The van der Waals surface area contributed by atoms with Crippen molar-refractivity contribution in [1.82, 2.24) is 20.6 Å². The normalized spacial score (nSPS) is 10.9. The number of aromatic amines is 1. The number of carboxylic acid groups (broad SMARTS) is 1. The van der Waals surface area contributed by atoms with Crippen LogP contribution in [0, 0.1) is 11.3 Å². The molecule has 0 bridgehead atoms. The van der Waals surface area contributed by atoms with E-state index in [4.69, 9.17) is 0 Å². The van der Waals surface area contributed by atoms with Crippen LogP contribution in [0.25, 0.3) is 16.7 Å². The number of nitrogens with zero attached hydrogens (tertiary/aromatic N) is 4. The van der Waals surface area contributed by atoms with Gasteiger partial charge in [-0.25, -0.2) is 4.79 Å². The van der Waals surface area contributed by atoms with Crippen molar-refractivity contribution >= 4 is 28.6 Å². The van der Waals surface area contributed by atoms with Crippen LogP contribution in [0.5, 0.6) is 0 Å². The maximum absolute atomic E-state index is 11.9. The van der Waals surface area contributed by atoms with Gasteiger partial charge in [0.2, 0.25) is 5.82 Å². The van der Waals surface area contributed by atoms with E-state index in [1.54, 1.807) is 12.1 Å². The summed E-state index contributed by atoms with van der Waals surface area (Å²) < 4.78 is 0.